The molecule has 0 radical (unpaired) electrons. The second-order valence-electron chi connectivity index (χ2n) is 6.11. The Hall–Kier alpha value is -2.42. The Bertz CT molecular complexity index is 1080. The Morgan fingerprint density at radius 1 is 1.14 bits per heavy atom. The zero-order valence-corrected chi connectivity index (χ0v) is 17.7. The Morgan fingerprint density at radius 3 is 2.64 bits per heavy atom. The highest BCUT2D eigenvalue weighted by molar-refractivity contribution is 8.01. The van der Waals surface area contributed by atoms with Gasteiger partial charge in [-0.3, -0.25) is 4.79 Å². The van der Waals surface area contributed by atoms with Crippen LogP contribution in [-0.4, -0.2) is 15.9 Å². The summed E-state index contributed by atoms with van der Waals surface area (Å²) in [5, 5.41) is 6.92. The maximum atomic E-state index is 12.4. The standard InChI is InChI=1S/C20H17N3O2S3/c1-12-11-27-20(21-12)28-15-7-5-14(6-8-15)22-18(24)10-16-13(2)25-19(23-16)17-4-3-9-26-17/h3-9,11H,10H2,1-2H3,(H,22,24). The molecule has 142 valence electrons. The molecule has 0 aliphatic rings. The van der Waals surface area contributed by atoms with E-state index in [0.717, 1.165) is 25.5 Å². The predicted octanol–water partition coefficient (Wildman–Crippen LogP) is 5.81. The van der Waals surface area contributed by atoms with Gasteiger partial charge in [-0.15, -0.1) is 22.7 Å². The summed E-state index contributed by atoms with van der Waals surface area (Å²) in [6.45, 7) is 3.82. The number of hydrogen-bond acceptors (Lipinski definition) is 7. The number of aromatic nitrogens is 2. The number of carbonyl (C=O) groups is 1. The number of nitrogens with zero attached hydrogens (tertiary/aromatic N) is 2. The molecule has 1 aromatic carbocycles. The summed E-state index contributed by atoms with van der Waals surface area (Å²) in [6, 6.07) is 11.7. The minimum Gasteiger partial charge on any atom is -0.440 e. The van der Waals surface area contributed by atoms with Crippen molar-refractivity contribution in [3.8, 4) is 10.8 Å². The first-order chi connectivity index (χ1) is 13.6. The smallest absolute Gasteiger partial charge is 0.236 e. The number of thiophene rings is 1. The molecule has 0 aliphatic heterocycles. The molecule has 1 N–H and O–H groups in total. The molecule has 5 nitrogen and oxygen atoms in total. The third-order valence-electron chi connectivity index (χ3n) is 3.89. The Balaban J connectivity index is 1.37. The van der Waals surface area contributed by atoms with Gasteiger partial charge in [-0.25, -0.2) is 9.97 Å². The summed E-state index contributed by atoms with van der Waals surface area (Å²) in [5.41, 5.74) is 2.44. The lowest BCUT2D eigenvalue weighted by Gasteiger charge is -2.05. The van der Waals surface area contributed by atoms with Gasteiger partial charge in [0.05, 0.1) is 17.0 Å². The molecule has 4 rings (SSSR count). The van der Waals surface area contributed by atoms with E-state index in [1.54, 1.807) is 34.4 Å². The van der Waals surface area contributed by atoms with Crippen LogP contribution in [0.4, 0.5) is 5.69 Å². The van der Waals surface area contributed by atoms with Crippen molar-refractivity contribution in [1.82, 2.24) is 9.97 Å². The molecule has 28 heavy (non-hydrogen) atoms. The van der Waals surface area contributed by atoms with Gasteiger partial charge in [0.15, 0.2) is 4.34 Å². The van der Waals surface area contributed by atoms with Crippen molar-refractivity contribution in [2.45, 2.75) is 29.5 Å². The van der Waals surface area contributed by atoms with E-state index in [4.69, 9.17) is 4.42 Å². The molecule has 3 heterocycles. The highest BCUT2D eigenvalue weighted by Gasteiger charge is 2.15. The van der Waals surface area contributed by atoms with E-state index in [0.29, 0.717) is 17.3 Å². The predicted molar refractivity (Wildman–Crippen MR) is 114 cm³/mol. The van der Waals surface area contributed by atoms with Crippen LogP contribution in [0, 0.1) is 13.8 Å². The SMILES string of the molecule is Cc1csc(Sc2ccc(NC(=O)Cc3nc(-c4cccs4)oc3C)cc2)n1. The second-order valence-corrected chi connectivity index (χ2v) is 9.23. The molecule has 8 heteroatoms. The van der Waals surface area contributed by atoms with E-state index in [9.17, 15) is 4.79 Å². The van der Waals surface area contributed by atoms with Gasteiger partial charge >= 0.3 is 0 Å². The first-order valence-electron chi connectivity index (χ1n) is 8.57. The highest BCUT2D eigenvalue weighted by atomic mass is 32.2. The second kappa shape index (κ2) is 8.30. The number of anilines is 1. The molecule has 0 atom stereocenters. The maximum Gasteiger partial charge on any atom is 0.236 e. The molecule has 1 amide bonds. The topological polar surface area (TPSA) is 68.0 Å². The summed E-state index contributed by atoms with van der Waals surface area (Å²) in [7, 11) is 0. The van der Waals surface area contributed by atoms with Gasteiger partial charge < -0.3 is 9.73 Å². The first-order valence-corrected chi connectivity index (χ1v) is 11.1. The van der Waals surface area contributed by atoms with Crippen LogP contribution in [0.25, 0.3) is 10.8 Å². The van der Waals surface area contributed by atoms with Crippen molar-refractivity contribution >= 4 is 46.0 Å². The van der Waals surface area contributed by atoms with Crippen molar-refractivity contribution < 1.29 is 9.21 Å². The minimum atomic E-state index is -0.120. The zero-order valence-electron chi connectivity index (χ0n) is 15.3. The van der Waals surface area contributed by atoms with E-state index < -0.39 is 0 Å². The summed E-state index contributed by atoms with van der Waals surface area (Å²) >= 11 is 4.81. The molecule has 0 aliphatic carbocycles. The molecule has 0 spiro atoms. The van der Waals surface area contributed by atoms with Gasteiger partial charge in [-0.2, -0.15) is 0 Å². The fourth-order valence-corrected chi connectivity index (χ4v) is 5.00. The van der Waals surface area contributed by atoms with Crippen molar-refractivity contribution in [1.29, 1.82) is 0 Å². The Labute approximate surface area is 174 Å². The van der Waals surface area contributed by atoms with E-state index >= 15 is 0 Å². The molecule has 0 bridgehead atoms. The van der Waals surface area contributed by atoms with Crippen LogP contribution in [0.3, 0.4) is 0 Å². The lowest BCUT2D eigenvalue weighted by atomic mass is 10.2. The van der Waals surface area contributed by atoms with E-state index in [2.05, 4.69) is 15.3 Å². The average molecular weight is 428 g/mol. The molecule has 0 saturated heterocycles. The number of hydrogen-bond donors (Lipinski definition) is 1. The van der Waals surface area contributed by atoms with Crippen LogP contribution in [0.1, 0.15) is 17.1 Å². The van der Waals surface area contributed by atoms with Crippen molar-refractivity contribution in [2.24, 2.45) is 0 Å². The third-order valence-corrected chi connectivity index (χ3v) is 6.82. The van der Waals surface area contributed by atoms with Gasteiger partial charge in [0.1, 0.15) is 5.76 Å². The van der Waals surface area contributed by atoms with Crippen LogP contribution in [-0.2, 0) is 11.2 Å². The fraction of sp³-hybridized carbons (Fsp3) is 0.150. The lowest BCUT2D eigenvalue weighted by Crippen LogP contribution is -2.15. The molecule has 4 aromatic rings. The largest absolute Gasteiger partial charge is 0.440 e. The number of thiazole rings is 1. The van der Waals surface area contributed by atoms with Gasteiger partial charge in [0.25, 0.3) is 0 Å². The number of rotatable bonds is 6. The van der Waals surface area contributed by atoms with E-state index in [-0.39, 0.29) is 12.3 Å². The summed E-state index contributed by atoms with van der Waals surface area (Å²) < 4.78 is 6.71. The van der Waals surface area contributed by atoms with Gasteiger partial charge in [-0.05, 0) is 49.6 Å². The first kappa shape index (κ1) is 18.9. The molecule has 0 saturated carbocycles. The van der Waals surface area contributed by atoms with Crippen LogP contribution >= 0.6 is 34.4 Å². The number of amides is 1. The maximum absolute atomic E-state index is 12.4. The summed E-state index contributed by atoms with van der Waals surface area (Å²) in [5.74, 6) is 1.11. The molecule has 3 aromatic heterocycles. The van der Waals surface area contributed by atoms with E-state index in [1.807, 2.05) is 61.0 Å². The third kappa shape index (κ3) is 4.52. The van der Waals surface area contributed by atoms with Crippen LogP contribution in [0.2, 0.25) is 0 Å². The fourth-order valence-electron chi connectivity index (χ4n) is 2.54. The van der Waals surface area contributed by atoms with Gasteiger partial charge in [0, 0.05) is 21.7 Å². The van der Waals surface area contributed by atoms with Crippen LogP contribution in [0.15, 0.2) is 60.8 Å². The molecule has 0 fully saturated rings. The zero-order chi connectivity index (χ0) is 19.5. The highest BCUT2D eigenvalue weighted by Crippen LogP contribution is 2.31. The lowest BCUT2D eigenvalue weighted by molar-refractivity contribution is -0.115. The van der Waals surface area contributed by atoms with Crippen LogP contribution < -0.4 is 5.32 Å². The number of carbonyl (C=O) groups excluding carboxylic acids is 1. The average Bonchev–Trinajstić information content (AvgIpc) is 3.40. The molecular formula is C20H17N3O2S3. The number of benzene rings is 1. The van der Waals surface area contributed by atoms with E-state index in [1.165, 1.54) is 0 Å². The molecule has 0 unspecified atom stereocenters. The number of aryl methyl sites for hydroxylation is 2. The summed E-state index contributed by atoms with van der Waals surface area (Å²) in [6.07, 6.45) is 0.176. The summed E-state index contributed by atoms with van der Waals surface area (Å²) in [4.78, 5) is 23.4. The van der Waals surface area contributed by atoms with Gasteiger partial charge in [-0.1, -0.05) is 17.8 Å². The Morgan fingerprint density at radius 2 is 1.96 bits per heavy atom. The van der Waals surface area contributed by atoms with Crippen molar-refractivity contribution in [3.05, 3.63) is 64.3 Å². The molecular weight excluding hydrogens is 410 g/mol. The number of oxazole rings is 1. The van der Waals surface area contributed by atoms with Crippen LogP contribution in [0.5, 0.6) is 0 Å². The van der Waals surface area contributed by atoms with Crippen molar-refractivity contribution in [3.63, 3.8) is 0 Å². The minimum absolute atomic E-state index is 0.120. The number of nitrogens with one attached hydrogen (secondary N) is 1. The normalized spacial score (nSPS) is 10.9. The van der Waals surface area contributed by atoms with Crippen molar-refractivity contribution in [2.75, 3.05) is 5.32 Å². The quantitative estimate of drug-likeness (QED) is 0.421. The Kier molecular flexibility index (Phi) is 5.61. The monoisotopic (exact) mass is 427 g/mol. The van der Waals surface area contributed by atoms with Gasteiger partial charge in [0.2, 0.25) is 11.8 Å².